The fourth-order valence-electron chi connectivity index (χ4n) is 1.44. The van der Waals surface area contributed by atoms with E-state index in [0.717, 1.165) is 18.3 Å². The predicted octanol–water partition coefficient (Wildman–Crippen LogP) is 3.63. The quantitative estimate of drug-likeness (QED) is 0.644. The Labute approximate surface area is 91.8 Å². The summed E-state index contributed by atoms with van der Waals surface area (Å²) in [6.07, 6.45) is 8.92. The fraction of sp³-hybridized carbons (Fsp3) is 0.357. The molecule has 0 radical (unpaired) electrons. The topological polar surface area (TPSA) is 17.1 Å². The van der Waals surface area contributed by atoms with Crippen LogP contribution in [0.1, 0.15) is 37.3 Å². The van der Waals surface area contributed by atoms with Gasteiger partial charge in [-0.1, -0.05) is 49.8 Å². The van der Waals surface area contributed by atoms with E-state index in [-0.39, 0.29) is 0 Å². The highest BCUT2D eigenvalue weighted by Crippen LogP contribution is 2.09. The van der Waals surface area contributed by atoms with E-state index in [9.17, 15) is 4.79 Å². The molecule has 1 aromatic carbocycles. The zero-order chi connectivity index (χ0) is 10.9. The molecular weight excluding hydrogens is 184 g/mol. The first-order valence-corrected chi connectivity index (χ1v) is 5.56. The molecule has 0 heterocycles. The lowest BCUT2D eigenvalue weighted by molar-refractivity contribution is -0.107. The van der Waals surface area contributed by atoms with Gasteiger partial charge in [-0.15, -0.1) is 0 Å². The lowest BCUT2D eigenvalue weighted by atomic mass is 10.1. The van der Waals surface area contributed by atoms with Gasteiger partial charge in [0.25, 0.3) is 0 Å². The van der Waals surface area contributed by atoms with Crippen molar-refractivity contribution in [1.82, 2.24) is 0 Å². The number of allylic oxidation sites excluding steroid dienone is 1. The molecule has 0 unspecified atom stereocenters. The third-order valence-electron chi connectivity index (χ3n) is 2.34. The predicted molar refractivity (Wildman–Crippen MR) is 64.8 cm³/mol. The second kappa shape index (κ2) is 6.99. The number of unbranched alkanes of at least 4 members (excludes halogenated alkanes) is 1. The van der Waals surface area contributed by atoms with Crippen LogP contribution in [-0.2, 0) is 11.2 Å². The molecule has 1 nitrogen and oxygen atoms in total. The Morgan fingerprint density at radius 3 is 2.53 bits per heavy atom. The molecule has 0 bridgehead atoms. The van der Waals surface area contributed by atoms with E-state index in [4.69, 9.17) is 0 Å². The van der Waals surface area contributed by atoms with Gasteiger partial charge in [-0.2, -0.15) is 0 Å². The van der Waals surface area contributed by atoms with Crippen molar-refractivity contribution in [3.63, 3.8) is 0 Å². The van der Waals surface area contributed by atoms with Crippen LogP contribution in [0.15, 0.2) is 30.3 Å². The van der Waals surface area contributed by atoms with Gasteiger partial charge in [0.15, 0.2) is 0 Å². The van der Waals surface area contributed by atoms with Crippen molar-refractivity contribution >= 4 is 12.4 Å². The van der Waals surface area contributed by atoms with E-state index >= 15 is 0 Å². The summed E-state index contributed by atoms with van der Waals surface area (Å²) in [5.41, 5.74) is 2.56. The van der Waals surface area contributed by atoms with Crippen LogP contribution in [0.2, 0.25) is 0 Å². The summed E-state index contributed by atoms with van der Waals surface area (Å²) in [5.74, 6) is 0. The Morgan fingerprint density at radius 2 is 1.93 bits per heavy atom. The van der Waals surface area contributed by atoms with Crippen LogP contribution in [0, 0.1) is 0 Å². The number of aldehydes is 1. The molecule has 0 atom stereocenters. The number of aryl methyl sites for hydroxylation is 1. The van der Waals surface area contributed by atoms with Crippen LogP contribution in [0.25, 0.3) is 6.08 Å². The second-order valence-electron chi connectivity index (χ2n) is 3.65. The number of carbonyl (C=O) groups excluding carboxylic acids is 1. The van der Waals surface area contributed by atoms with Gasteiger partial charge < -0.3 is 4.79 Å². The Bertz CT molecular complexity index is 309. The Kier molecular flexibility index (Phi) is 5.46. The average molecular weight is 202 g/mol. The van der Waals surface area contributed by atoms with Gasteiger partial charge in [0.2, 0.25) is 0 Å². The molecular formula is C14H18O. The van der Waals surface area contributed by atoms with E-state index in [1.54, 1.807) is 0 Å². The SMILES string of the molecule is CCCCc1ccc(/C=C/CC=O)cc1. The lowest BCUT2D eigenvalue weighted by Crippen LogP contribution is -1.84. The summed E-state index contributed by atoms with van der Waals surface area (Å²) in [5, 5.41) is 0. The number of hydrogen-bond acceptors (Lipinski definition) is 1. The normalized spacial score (nSPS) is 10.7. The van der Waals surface area contributed by atoms with Gasteiger partial charge in [-0.25, -0.2) is 0 Å². The summed E-state index contributed by atoms with van der Waals surface area (Å²) in [7, 11) is 0. The second-order valence-corrected chi connectivity index (χ2v) is 3.65. The minimum Gasteiger partial charge on any atom is -0.303 e. The number of benzene rings is 1. The maximum atomic E-state index is 10.1. The molecule has 1 rings (SSSR count). The van der Waals surface area contributed by atoms with Crippen LogP contribution in [0.3, 0.4) is 0 Å². The first-order valence-electron chi connectivity index (χ1n) is 5.56. The zero-order valence-corrected chi connectivity index (χ0v) is 9.28. The van der Waals surface area contributed by atoms with Crippen molar-refractivity contribution in [2.45, 2.75) is 32.6 Å². The summed E-state index contributed by atoms with van der Waals surface area (Å²) >= 11 is 0. The maximum Gasteiger partial charge on any atom is 0.123 e. The van der Waals surface area contributed by atoms with Crippen LogP contribution in [0.4, 0.5) is 0 Å². The van der Waals surface area contributed by atoms with Crippen LogP contribution in [0.5, 0.6) is 0 Å². The van der Waals surface area contributed by atoms with E-state index in [0.29, 0.717) is 6.42 Å². The molecule has 0 spiro atoms. The third-order valence-corrected chi connectivity index (χ3v) is 2.34. The van der Waals surface area contributed by atoms with Crippen molar-refractivity contribution in [3.05, 3.63) is 41.5 Å². The molecule has 0 amide bonds. The van der Waals surface area contributed by atoms with Gasteiger partial charge in [-0.05, 0) is 24.0 Å². The van der Waals surface area contributed by atoms with Gasteiger partial charge >= 0.3 is 0 Å². The minimum absolute atomic E-state index is 0.498. The minimum atomic E-state index is 0.498. The molecule has 0 aromatic heterocycles. The van der Waals surface area contributed by atoms with Crippen LogP contribution in [-0.4, -0.2) is 6.29 Å². The molecule has 0 aliphatic heterocycles. The highest BCUT2D eigenvalue weighted by atomic mass is 16.1. The third kappa shape index (κ3) is 4.59. The molecule has 1 aromatic rings. The van der Waals surface area contributed by atoms with Crippen molar-refractivity contribution in [2.24, 2.45) is 0 Å². The molecule has 0 saturated heterocycles. The van der Waals surface area contributed by atoms with Crippen molar-refractivity contribution in [3.8, 4) is 0 Å². The molecule has 0 saturated carbocycles. The Hall–Kier alpha value is -1.37. The highest BCUT2D eigenvalue weighted by molar-refractivity contribution is 5.57. The molecule has 15 heavy (non-hydrogen) atoms. The van der Waals surface area contributed by atoms with E-state index in [2.05, 4.69) is 31.2 Å². The van der Waals surface area contributed by atoms with Gasteiger partial charge in [0.1, 0.15) is 6.29 Å². The highest BCUT2D eigenvalue weighted by Gasteiger charge is 1.91. The van der Waals surface area contributed by atoms with Gasteiger partial charge in [-0.3, -0.25) is 0 Å². The number of rotatable bonds is 6. The molecule has 0 N–H and O–H groups in total. The van der Waals surface area contributed by atoms with E-state index < -0.39 is 0 Å². The zero-order valence-electron chi connectivity index (χ0n) is 9.28. The molecule has 0 aliphatic carbocycles. The molecule has 0 fully saturated rings. The van der Waals surface area contributed by atoms with Gasteiger partial charge in [0.05, 0.1) is 0 Å². The Morgan fingerprint density at radius 1 is 1.20 bits per heavy atom. The average Bonchev–Trinajstić information content (AvgIpc) is 2.28. The van der Waals surface area contributed by atoms with Crippen molar-refractivity contribution in [2.75, 3.05) is 0 Å². The van der Waals surface area contributed by atoms with Crippen LogP contribution >= 0.6 is 0 Å². The van der Waals surface area contributed by atoms with E-state index in [1.807, 2.05) is 12.2 Å². The fourth-order valence-corrected chi connectivity index (χ4v) is 1.44. The maximum absolute atomic E-state index is 10.1. The van der Waals surface area contributed by atoms with Crippen molar-refractivity contribution in [1.29, 1.82) is 0 Å². The lowest BCUT2D eigenvalue weighted by Gasteiger charge is -2.00. The first-order chi connectivity index (χ1) is 7.36. The molecule has 80 valence electrons. The summed E-state index contributed by atoms with van der Waals surface area (Å²) in [6, 6.07) is 8.53. The van der Waals surface area contributed by atoms with Gasteiger partial charge in [0, 0.05) is 6.42 Å². The molecule has 1 heteroatoms. The van der Waals surface area contributed by atoms with E-state index in [1.165, 1.54) is 18.4 Å². The first kappa shape index (κ1) is 11.7. The summed E-state index contributed by atoms with van der Waals surface area (Å²) in [6.45, 7) is 2.20. The number of carbonyl (C=O) groups is 1. The standard InChI is InChI=1S/C14H18O/c1-2-3-6-13-8-10-14(11-9-13)7-4-5-12-15/h4,7-12H,2-3,5-6H2,1H3/b7-4+. The summed E-state index contributed by atoms with van der Waals surface area (Å²) < 4.78 is 0. The van der Waals surface area contributed by atoms with Crippen LogP contribution < -0.4 is 0 Å². The summed E-state index contributed by atoms with van der Waals surface area (Å²) in [4.78, 5) is 10.1. The van der Waals surface area contributed by atoms with Crippen molar-refractivity contribution < 1.29 is 4.79 Å². The largest absolute Gasteiger partial charge is 0.303 e. The monoisotopic (exact) mass is 202 g/mol. The smallest absolute Gasteiger partial charge is 0.123 e. The number of hydrogen-bond donors (Lipinski definition) is 0. The Balaban J connectivity index is 2.52. The molecule has 0 aliphatic rings.